The monoisotopic (exact) mass is 412 g/mol. The highest BCUT2D eigenvalue weighted by molar-refractivity contribution is 5.95. The Morgan fingerprint density at radius 2 is 1.03 bits per heavy atom. The Balaban J connectivity index is 1.73. The molecule has 2 rings (SSSR count). The fourth-order valence-corrected chi connectivity index (χ4v) is 2.56. The van der Waals surface area contributed by atoms with Crippen molar-refractivity contribution in [3.63, 3.8) is 0 Å². The average molecular weight is 413 g/mol. The molecule has 2 atom stereocenters. The number of amides is 2. The van der Waals surface area contributed by atoms with Crippen molar-refractivity contribution in [2.45, 2.75) is 52.7 Å². The lowest BCUT2D eigenvalue weighted by atomic mass is 10.2. The van der Waals surface area contributed by atoms with Crippen LogP contribution in [0.2, 0.25) is 0 Å². The molecule has 0 aliphatic heterocycles. The largest absolute Gasteiger partial charge is 0.491 e. The molecule has 0 spiro atoms. The predicted molar refractivity (Wildman–Crippen MR) is 118 cm³/mol. The van der Waals surface area contributed by atoms with Crippen molar-refractivity contribution in [3.8, 4) is 11.5 Å². The molecule has 0 fully saturated rings. The molecule has 0 aliphatic rings. The van der Waals surface area contributed by atoms with Gasteiger partial charge in [-0.1, -0.05) is 13.8 Å². The number of hydrogen-bond acceptors (Lipinski definition) is 4. The van der Waals surface area contributed by atoms with E-state index in [0.29, 0.717) is 24.2 Å². The second-order valence-electron chi connectivity index (χ2n) is 7.23. The van der Waals surface area contributed by atoms with Gasteiger partial charge in [0, 0.05) is 24.2 Å². The standard InChI is InChI=1S/C24H32N2O4/c1-5-17(3)29-21-11-7-19(8-12-21)23(27)25-15-16-26-24(28)20-9-13-22(14-10-20)30-18(4)6-2/h7-14,17-18H,5-6,15-16H2,1-4H3,(H,25,27)(H,26,28). The first-order valence-electron chi connectivity index (χ1n) is 10.5. The molecule has 0 saturated carbocycles. The van der Waals surface area contributed by atoms with Crippen LogP contribution in [0.5, 0.6) is 11.5 Å². The molecular formula is C24H32N2O4. The van der Waals surface area contributed by atoms with E-state index >= 15 is 0 Å². The smallest absolute Gasteiger partial charge is 0.251 e. The van der Waals surface area contributed by atoms with E-state index in [9.17, 15) is 9.59 Å². The number of carbonyl (C=O) groups excluding carboxylic acids is 2. The van der Waals surface area contributed by atoms with Gasteiger partial charge in [0.2, 0.25) is 0 Å². The van der Waals surface area contributed by atoms with E-state index in [4.69, 9.17) is 9.47 Å². The third-order valence-corrected chi connectivity index (χ3v) is 4.75. The van der Waals surface area contributed by atoms with E-state index in [2.05, 4.69) is 24.5 Å². The van der Waals surface area contributed by atoms with Crippen molar-refractivity contribution >= 4 is 11.8 Å². The highest BCUT2D eigenvalue weighted by Gasteiger charge is 2.09. The second kappa shape index (κ2) is 11.9. The van der Waals surface area contributed by atoms with Crippen LogP contribution in [0.15, 0.2) is 48.5 Å². The molecule has 0 bridgehead atoms. The molecule has 30 heavy (non-hydrogen) atoms. The van der Waals surface area contributed by atoms with Crippen molar-refractivity contribution < 1.29 is 19.1 Å². The van der Waals surface area contributed by atoms with Gasteiger partial charge in [0.15, 0.2) is 0 Å². The molecule has 2 amide bonds. The van der Waals surface area contributed by atoms with Gasteiger partial charge in [-0.05, 0) is 75.2 Å². The van der Waals surface area contributed by atoms with Gasteiger partial charge in [0.25, 0.3) is 11.8 Å². The van der Waals surface area contributed by atoms with Gasteiger partial charge in [-0.15, -0.1) is 0 Å². The minimum absolute atomic E-state index is 0.136. The summed E-state index contributed by atoms with van der Waals surface area (Å²) in [7, 11) is 0. The number of ether oxygens (including phenoxy) is 2. The first kappa shape index (κ1) is 23.3. The zero-order valence-electron chi connectivity index (χ0n) is 18.2. The van der Waals surface area contributed by atoms with Crippen LogP contribution in [0, 0.1) is 0 Å². The molecule has 2 aromatic carbocycles. The first-order valence-corrected chi connectivity index (χ1v) is 10.5. The van der Waals surface area contributed by atoms with Crippen LogP contribution in [0.25, 0.3) is 0 Å². The van der Waals surface area contributed by atoms with Gasteiger partial charge >= 0.3 is 0 Å². The van der Waals surface area contributed by atoms with E-state index < -0.39 is 0 Å². The van der Waals surface area contributed by atoms with Gasteiger partial charge in [0.1, 0.15) is 11.5 Å². The number of rotatable bonds is 11. The summed E-state index contributed by atoms with van der Waals surface area (Å²) in [5, 5.41) is 5.60. The van der Waals surface area contributed by atoms with Crippen molar-refractivity contribution in [3.05, 3.63) is 59.7 Å². The fourth-order valence-electron chi connectivity index (χ4n) is 2.56. The van der Waals surface area contributed by atoms with Crippen molar-refractivity contribution in [1.82, 2.24) is 10.6 Å². The molecule has 0 heterocycles. The lowest BCUT2D eigenvalue weighted by Crippen LogP contribution is -2.34. The maximum Gasteiger partial charge on any atom is 0.251 e. The Hall–Kier alpha value is -3.02. The molecule has 0 saturated heterocycles. The zero-order valence-corrected chi connectivity index (χ0v) is 18.2. The summed E-state index contributed by atoms with van der Waals surface area (Å²) in [4.78, 5) is 24.4. The quantitative estimate of drug-likeness (QED) is 0.542. The number of benzene rings is 2. The Kier molecular flexibility index (Phi) is 9.19. The molecule has 2 aromatic rings. The fraction of sp³-hybridized carbons (Fsp3) is 0.417. The number of hydrogen-bond donors (Lipinski definition) is 2. The SMILES string of the molecule is CCC(C)Oc1ccc(C(=O)NCCNC(=O)c2ccc(OC(C)CC)cc2)cc1. The third-order valence-electron chi connectivity index (χ3n) is 4.75. The summed E-state index contributed by atoms with van der Waals surface area (Å²) < 4.78 is 11.4. The Bertz CT molecular complexity index is 733. The van der Waals surface area contributed by atoms with E-state index in [1.54, 1.807) is 48.5 Å². The third kappa shape index (κ3) is 7.43. The minimum Gasteiger partial charge on any atom is -0.491 e. The molecular weight excluding hydrogens is 380 g/mol. The van der Waals surface area contributed by atoms with Crippen molar-refractivity contribution in [1.29, 1.82) is 0 Å². The van der Waals surface area contributed by atoms with Crippen LogP contribution in [0.4, 0.5) is 0 Å². The topological polar surface area (TPSA) is 76.7 Å². The van der Waals surface area contributed by atoms with Crippen LogP contribution in [0.1, 0.15) is 61.3 Å². The van der Waals surface area contributed by atoms with Gasteiger partial charge in [-0.25, -0.2) is 0 Å². The molecule has 0 aromatic heterocycles. The summed E-state index contributed by atoms with van der Waals surface area (Å²) in [5.41, 5.74) is 1.10. The van der Waals surface area contributed by atoms with E-state index in [1.807, 2.05) is 13.8 Å². The van der Waals surface area contributed by atoms with Crippen LogP contribution >= 0.6 is 0 Å². The van der Waals surface area contributed by atoms with Crippen LogP contribution in [-0.2, 0) is 0 Å². The summed E-state index contributed by atoms with van der Waals surface area (Å²) in [5.74, 6) is 1.11. The Morgan fingerprint density at radius 1 is 0.700 bits per heavy atom. The van der Waals surface area contributed by atoms with Crippen LogP contribution in [-0.4, -0.2) is 37.1 Å². The molecule has 6 nitrogen and oxygen atoms in total. The maximum absolute atomic E-state index is 12.2. The summed E-state index contributed by atoms with van der Waals surface area (Å²) >= 11 is 0. The Morgan fingerprint density at radius 3 is 1.33 bits per heavy atom. The molecule has 0 radical (unpaired) electrons. The lowest BCUT2D eigenvalue weighted by molar-refractivity contribution is 0.0927. The minimum atomic E-state index is -0.189. The van der Waals surface area contributed by atoms with Gasteiger partial charge in [-0.2, -0.15) is 0 Å². The molecule has 6 heteroatoms. The van der Waals surface area contributed by atoms with Crippen molar-refractivity contribution in [2.24, 2.45) is 0 Å². The molecule has 2 unspecified atom stereocenters. The summed E-state index contributed by atoms with van der Waals surface area (Å²) in [6.07, 6.45) is 2.11. The predicted octanol–water partition coefficient (Wildman–Crippen LogP) is 4.20. The Labute approximate surface area is 179 Å². The van der Waals surface area contributed by atoms with Gasteiger partial charge in [-0.3, -0.25) is 9.59 Å². The molecule has 162 valence electrons. The van der Waals surface area contributed by atoms with Crippen LogP contribution < -0.4 is 20.1 Å². The zero-order chi connectivity index (χ0) is 21.9. The normalized spacial score (nSPS) is 12.5. The van der Waals surface area contributed by atoms with Gasteiger partial charge in [0.05, 0.1) is 12.2 Å². The summed E-state index contributed by atoms with van der Waals surface area (Å²) in [6, 6.07) is 14.1. The van der Waals surface area contributed by atoms with Crippen LogP contribution in [0.3, 0.4) is 0 Å². The van der Waals surface area contributed by atoms with Crippen molar-refractivity contribution in [2.75, 3.05) is 13.1 Å². The maximum atomic E-state index is 12.2. The first-order chi connectivity index (χ1) is 14.4. The number of nitrogens with one attached hydrogen (secondary N) is 2. The number of carbonyl (C=O) groups is 2. The highest BCUT2D eigenvalue weighted by Crippen LogP contribution is 2.16. The van der Waals surface area contributed by atoms with E-state index in [1.165, 1.54) is 0 Å². The highest BCUT2D eigenvalue weighted by atomic mass is 16.5. The molecule has 2 N–H and O–H groups in total. The second-order valence-corrected chi connectivity index (χ2v) is 7.23. The summed E-state index contributed by atoms with van der Waals surface area (Å²) in [6.45, 7) is 8.80. The lowest BCUT2D eigenvalue weighted by Gasteiger charge is -2.13. The van der Waals surface area contributed by atoms with E-state index in [-0.39, 0.29) is 24.0 Å². The van der Waals surface area contributed by atoms with E-state index in [0.717, 1.165) is 24.3 Å². The average Bonchev–Trinajstić information content (AvgIpc) is 2.77. The van der Waals surface area contributed by atoms with Gasteiger partial charge < -0.3 is 20.1 Å². The molecule has 0 aliphatic carbocycles.